The number of hydrogen-bond donors (Lipinski definition) is 1. The van der Waals surface area contributed by atoms with Crippen LogP contribution in [-0.2, 0) is 23.1 Å². The number of carbonyl (C=O) groups is 1. The fourth-order valence-corrected chi connectivity index (χ4v) is 3.05. The van der Waals surface area contributed by atoms with E-state index in [4.69, 9.17) is 14.7 Å². The van der Waals surface area contributed by atoms with Gasteiger partial charge in [-0.05, 0) is 30.7 Å². The number of hydrogen-bond acceptors (Lipinski definition) is 4. The van der Waals surface area contributed by atoms with Gasteiger partial charge in [0.2, 0.25) is 0 Å². The molecule has 3 rings (SSSR count). The lowest BCUT2D eigenvalue weighted by Crippen LogP contribution is -2.02. The molecule has 146 valence electrons. The van der Waals surface area contributed by atoms with Crippen LogP contribution in [0.2, 0.25) is 0 Å². The van der Waals surface area contributed by atoms with Crippen LogP contribution in [0.25, 0.3) is 10.9 Å². The van der Waals surface area contributed by atoms with E-state index in [1.807, 2.05) is 19.2 Å². The van der Waals surface area contributed by atoms with Gasteiger partial charge in [0, 0.05) is 35.6 Å². The van der Waals surface area contributed by atoms with Crippen LogP contribution in [-0.4, -0.2) is 35.1 Å². The van der Waals surface area contributed by atoms with E-state index in [0.717, 1.165) is 22.2 Å². The molecule has 0 unspecified atom stereocenters. The number of benzene rings is 2. The Labute approximate surface area is 164 Å². The number of para-hydroxylation sites is 1. The van der Waals surface area contributed by atoms with Gasteiger partial charge in [0.15, 0.2) is 0 Å². The average Bonchev–Trinajstić information content (AvgIpc) is 2.93. The van der Waals surface area contributed by atoms with Crippen molar-refractivity contribution in [3.8, 4) is 5.75 Å². The third-order valence-corrected chi connectivity index (χ3v) is 4.63. The van der Waals surface area contributed by atoms with Crippen molar-refractivity contribution in [1.82, 2.24) is 4.57 Å². The lowest BCUT2D eigenvalue weighted by Gasteiger charge is -2.06. The highest BCUT2D eigenvalue weighted by atomic mass is 16.6. The minimum Gasteiger partial charge on any atom is -0.493 e. The summed E-state index contributed by atoms with van der Waals surface area (Å²) in [7, 11) is 2.04. The molecule has 0 aliphatic carbocycles. The summed E-state index contributed by atoms with van der Waals surface area (Å²) in [6.07, 6.45) is 2.48. The van der Waals surface area contributed by atoms with Crippen LogP contribution in [0.5, 0.6) is 5.75 Å². The monoisotopic (exact) mass is 380 g/mol. The Balaban J connectivity index is 1.43. The molecule has 0 amide bonds. The van der Waals surface area contributed by atoms with Crippen LogP contribution < -0.4 is 4.74 Å². The summed E-state index contributed by atoms with van der Waals surface area (Å²) >= 11 is 0. The molecule has 0 radical (unpaired) electrons. The molecule has 1 N–H and O–H groups in total. The van der Waals surface area contributed by atoms with Crippen molar-refractivity contribution < 1.29 is 19.5 Å². The highest BCUT2D eigenvalue weighted by Crippen LogP contribution is 2.23. The fourth-order valence-electron chi connectivity index (χ4n) is 3.05. The molecular weight excluding hydrogens is 356 g/mol. The number of fused-ring (bicyclic) bond motifs is 1. The van der Waals surface area contributed by atoms with Gasteiger partial charge in [0.25, 0.3) is 0 Å². The van der Waals surface area contributed by atoms with Crippen molar-refractivity contribution in [2.75, 3.05) is 13.2 Å². The predicted octanol–water partition coefficient (Wildman–Crippen LogP) is 3.93. The zero-order valence-electron chi connectivity index (χ0n) is 16.1. The Bertz CT molecular complexity index is 974. The molecule has 0 fully saturated rings. The fraction of sp³-hybridized carbons (Fsp3) is 0.273. The third kappa shape index (κ3) is 4.71. The molecule has 1 aromatic heterocycles. The number of carboxylic acid groups (broad SMARTS) is 1. The number of aromatic nitrogens is 1. The van der Waals surface area contributed by atoms with Crippen LogP contribution in [0.15, 0.2) is 53.7 Å². The van der Waals surface area contributed by atoms with Gasteiger partial charge in [-0.25, -0.2) is 0 Å². The van der Waals surface area contributed by atoms with E-state index in [0.29, 0.717) is 25.4 Å². The first-order chi connectivity index (χ1) is 13.6. The number of oxime groups is 1. The van der Waals surface area contributed by atoms with E-state index in [2.05, 4.69) is 28.8 Å². The topological polar surface area (TPSA) is 73.1 Å². The van der Waals surface area contributed by atoms with Crippen molar-refractivity contribution in [2.24, 2.45) is 12.2 Å². The maximum Gasteiger partial charge on any atom is 0.307 e. The third-order valence-electron chi connectivity index (χ3n) is 4.63. The molecule has 0 saturated heterocycles. The molecule has 1 heterocycles. The van der Waals surface area contributed by atoms with Gasteiger partial charge >= 0.3 is 5.97 Å². The van der Waals surface area contributed by atoms with Crippen LogP contribution in [0.3, 0.4) is 0 Å². The molecule has 6 heteroatoms. The second-order valence-corrected chi connectivity index (χ2v) is 6.56. The molecule has 2 aromatic carbocycles. The summed E-state index contributed by atoms with van der Waals surface area (Å²) in [6.45, 7) is 3.02. The molecule has 0 saturated carbocycles. The zero-order valence-corrected chi connectivity index (χ0v) is 16.1. The maximum absolute atomic E-state index is 10.7. The van der Waals surface area contributed by atoms with Crippen molar-refractivity contribution in [1.29, 1.82) is 0 Å². The van der Waals surface area contributed by atoms with Crippen LogP contribution in [0.1, 0.15) is 23.2 Å². The summed E-state index contributed by atoms with van der Waals surface area (Å²) < 4.78 is 7.77. The van der Waals surface area contributed by atoms with Crippen LogP contribution in [0, 0.1) is 6.92 Å². The highest BCUT2D eigenvalue weighted by Gasteiger charge is 2.09. The van der Waals surface area contributed by atoms with Crippen molar-refractivity contribution >= 4 is 23.1 Å². The van der Waals surface area contributed by atoms with Gasteiger partial charge in [0.05, 0.1) is 19.2 Å². The Hall–Kier alpha value is -3.28. The first-order valence-electron chi connectivity index (χ1n) is 9.19. The number of aryl methyl sites for hydroxylation is 1. The molecule has 0 spiro atoms. The molecule has 0 aliphatic rings. The molecule has 6 nitrogen and oxygen atoms in total. The molecule has 0 atom stereocenters. The largest absolute Gasteiger partial charge is 0.493 e. The Morgan fingerprint density at radius 3 is 2.64 bits per heavy atom. The standard InChI is InChI=1S/C22H24N2O4/c1-16-20(19-6-3-4-7-21(19)24(16)2)15-23-28-13-5-12-27-18-10-8-17(9-11-18)14-22(25)26/h3-4,6-11,15H,5,12-14H2,1-2H3,(H,25,26)/b23-15-. The van der Waals surface area contributed by atoms with Gasteiger partial charge in [-0.15, -0.1) is 0 Å². The molecular formula is C22H24N2O4. The number of nitrogens with zero attached hydrogens (tertiary/aromatic N) is 2. The van der Waals surface area contributed by atoms with Gasteiger partial charge in [0.1, 0.15) is 12.4 Å². The van der Waals surface area contributed by atoms with Crippen molar-refractivity contribution in [2.45, 2.75) is 19.8 Å². The quantitative estimate of drug-likeness (QED) is 0.347. The van der Waals surface area contributed by atoms with Gasteiger partial charge in [-0.3, -0.25) is 4.79 Å². The van der Waals surface area contributed by atoms with Gasteiger partial charge < -0.3 is 19.2 Å². The summed E-state index contributed by atoms with van der Waals surface area (Å²) in [5.41, 5.74) is 4.13. The van der Waals surface area contributed by atoms with E-state index in [1.165, 1.54) is 5.52 Å². The van der Waals surface area contributed by atoms with Gasteiger partial charge in [-0.2, -0.15) is 0 Å². The highest BCUT2D eigenvalue weighted by molar-refractivity contribution is 6.00. The zero-order chi connectivity index (χ0) is 19.9. The molecule has 28 heavy (non-hydrogen) atoms. The summed E-state index contributed by atoms with van der Waals surface area (Å²) in [4.78, 5) is 16.0. The Morgan fingerprint density at radius 1 is 1.14 bits per heavy atom. The number of carboxylic acids is 1. The smallest absolute Gasteiger partial charge is 0.307 e. The second-order valence-electron chi connectivity index (χ2n) is 6.56. The van der Waals surface area contributed by atoms with Gasteiger partial charge in [-0.1, -0.05) is 35.5 Å². The minimum absolute atomic E-state index is 0.0162. The summed E-state index contributed by atoms with van der Waals surface area (Å²) in [5.74, 6) is -0.130. The lowest BCUT2D eigenvalue weighted by molar-refractivity contribution is -0.136. The second kappa shape index (κ2) is 9.08. The van der Waals surface area contributed by atoms with E-state index in [-0.39, 0.29) is 6.42 Å². The van der Waals surface area contributed by atoms with E-state index < -0.39 is 5.97 Å². The maximum atomic E-state index is 10.7. The van der Waals surface area contributed by atoms with E-state index in [9.17, 15) is 4.79 Å². The van der Waals surface area contributed by atoms with Crippen LogP contribution >= 0.6 is 0 Å². The van der Waals surface area contributed by atoms with E-state index in [1.54, 1.807) is 30.5 Å². The minimum atomic E-state index is -0.843. The normalized spacial score (nSPS) is 11.2. The van der Waals surface area contributed by atoms with E-state index >= 15 is 0 Å². The lowest BCUT2D eigenvalue weighted by atomic mass is 10.1. The predicted molar refractivity (Wildman–Crippen MR) is 109 cm³/mol. The number of rotatable bonds is 9. The average molecular weight is 380 g/mol. The van der Waals surface area contributed by atoms with Crippen LogP contribution in [0.4, 0.5) is 0 Å². The Kier molecular flexibility index (Phi) is 6.32. The first-order valence-corrected chi connectivity index (χ1v) is 9.19. The number of ether oxygens (including phenoxy) is 1. The molecule has 0 bridgehead atoms. The first kappa shape index (κ1) is 19.5. The van der Waals surface area contributed by atoms with Crippen molar-refractivity contribution in [3.05, 3.63) is 65.4 Å². The molecule has 3 aromatic rings. The summed E-state index contributed by atoms with van der Waals surface area (Å²) in [5, 5.41) is 14.0. The Morgan fingerprint density at radius 2 is 1.89 bits per heavy atom. The molecule has 0 aliphatic heterocycles. The van der Waals surface area contributed by atoms with Crippen molar-refractivity contribution in [3.63, 3.8) is 0 Å². The summed E-state index contributed by atoms with van der Waals surface area (Å²) in [6, 6.07) is 15.3. The number of aliphatic carboxylic acids is 1. The SMILES string of the molecule is Cc1c(/C=N\OCCCOc2ccc(CC(=O)O)cc2)c2ccccc2n1C.